The van der Waals surface area contributed by atoms with Crippen LogP contribution >= 0.6 is 0 Å². The van der Waals surface area contributed by atoms with Crippen LogP contribution in [-0.2, 0) is 4.79 Å². The van der Waals surface area contributed by atoms with E-state index in [0.717, 1.165) is 25.8 Å². The lowest BCUT2D eigenvalue weighted by atomic mass is 9.72. The van der Waals surface area contributed by atoms with Gasteiger partial charge in [-0.1, -0.05) is 0 Å². The van der Waals surface area contributed by atoms with Crippen molar-refractivity contribution in [3.8, 4) is 5.75 Å². The summed E-state index contributed by atoms with van der Waals surface area (Å²) >= 11 is 0. The van der Waals surface area contributed by atoms with Gasteiger partial charge in [0, 0.05) is 43.7 Å². The fourth-order valence-corrected chi connectivity index (χ4v) is 5.53. The maximum Gasteiger partial charge on any atom is 0.253 e. The molecule has 0 unspecified atom stereocenters. The first-order valence-corrected chi connectivity index (χ1v) is 10.5. The van der Waals surface area contributed by atoms with Gasteiger partial charge in [-0.25, -0.2) is 4.39 Å². The number of fused-ring (bicyclic) bond motifs is 4. The van der Waals surface area contributed by atoms with Crippen molar-refractivity contribution in [3.05, 3.63) is 29.6 Å². The smallest absolute Gasteiger partial charge is 0.253 e. The molecule has 0 N–H and O–H groups in total. The van der Waals surface area contributed by atoms with E-state index in [1.165, 1.54) is 19.2 Å². The minimum Gasteiger partial charge on any atom is -0.494 e. The number of rotatable bonds is 4. The van der Waals surface area contributed by atoms with E-state index in [2.05, 4.69) is 9.80 Å². The normalized spacial score (nSPS) is 29.1. The van der Waals surface area contributed by atoms with Gasteiger partial charge in [0.25, 0.3) is 5.91 Å². The number of ether oxygens (including phenoxy) is 1. The topological polar surface area (TPSA) is 53.1 Å². The predicted octanol–water partition coefficient (Wildman–Crippen LogP) is 2.24. The van der Waals surface area contributed by atoms with Gasteiger partial charge in [-0.15, -0.1) is 0 Å². The van der Waals surface area contributed by atoms with Gasteiger partial charge >= 0.3 is 0 Å². The van der Waals surface area contributed by atoms with Crippen molar-refractivity contribution >= 4 is 11.8 Å². The maximum atomic E-state index is 14.1. The van der Waals surface area contributed by atoms with Crippen molar-refractivity contribution in [2.45, 2.75) is 37.8 Å². The minimum absolute atomic E-state index is 0.127. The van der Waals surface area contributed by atoms with Gasteiger partial charge in [-0.2, -0.15) is 0 Å². The molecule has 3 aliphatic heterocycles. The monoisotopic (exact) mass is 403 g/mol. The van der Waals surface area contributed by atoms with Crippen LogP contribution in [0, 0.1) is 17.7 Å². The summed E-state index contributed by atoms with van der Waals surface area (Å²) in [5, 5.41) is 0. The fraction of sp³-hybridized carbons (Fsp3) is 0.636. The van der Waals surface area contributed by atoms with Crippen LogP contribution in [0.25, 0.3) is 0 Å². The Kier molecular flexibility index (Phi) is 5.51. The number of nitrogens with zero attached hydrogens (tertiary/aromatic N) is 3. The van der Waals surface area contributed by atoms with E-state index in [4.69, 9.17) is 4.74 Å². The van der Waals surface area contributed by atoms with Crippen LogP contribution in [0.4, 0.5) is 4.39 Å². The van der Waals surface area contributed by atoms with E-state index >= 15 is 0 Å². The first kappa shape index (κ1) is 20.1. The molecule has 3 heterocycles. The summed E-state index contributed by atoms with van der Waals surface area (Å²) in [6.07, 6.45) is 3.61. The molecule has 1 aromatic rings. The minimum atomic E-state index is -0.523. The van der Waals surface area contributed by atoms with Gasteiger partial charge in [0.2, 0.25) is 5.91 Å². The third kappa shape index (κ3) is 3.72. The van der Waals surface area contributed by atoms with Crippen LogP contribution in [0.15, 0.2) is 18.2 Å². The maximum absolute atomic E-state index is 14.1. The number of benzene rings is 1. The Labute approximate surface area is 171 Å². The van der Waals surface area contributed by atoms with Crippen LogP contribution in [0.2, 0.25) is 0 Å². The molecule has 0 saturated carbocycles. The van der Waals surface area contributed by atoms with Crippen molar-refractivity contribution in [2.24, 2.45) is 11.8 Å². The Morgan fingerprint density at radius 3 is 2.72 bits per heavy atom. The molecular weight excluding hydrogens is 373 g/mol. The molecule has 0 spiro atoms. The van der Waals surface area contributed by atoms with E-state index in [-0.39, 0.29) is 35.6 Å². The van der Waals surface area contributed by atoms with Crippen molar-refractivity contribution in [1.82, 2.24) is 14.7 Å². The first-order valence-electron chi connectivity index (χ1n) is 10.5. The number of piperidine rings is 3. The van der Waals surface area contributed by atoms with Crippen molar-refractivity contribution in [1.29, 1.82) is 0 Å². The second-order valence-electron chi connectivity index (χ2n) is 8.91. The molecule has 4 rings (SSSR count). The van der Waals surface area contributed by atoms with Crippen LogP contribution in [0.3, 0.4) is 0 Å². The van der Waals surface area contributed by atoms with Crippen molar-refractivity contribution in [3.63, 3.8) is 0 Å². The highest BCUT2D eigenvalue weighted by Crippen LogP contribution is 2.42. The van der Waals surface area contributed by atoms with Gasteiger partial charge in [0.1, 0.15) is 0 Å². The molecule has 3 saturated heterocycles. The fourth-order valence-electron chi connectivity index (χ4n) is 5.53. The largest absolute Gasteiger partial charge is 0.494 e. The zero-order valence-electron chi connectivity index (χ0n) is 17.4. The zero-order chi connectivity index (χ0) is 20.7. The van der Waals surface area contributed by atoms with Crippen molar-refractivity contribution < 1.29 is 18.7 Å². The van der Waals surface area contributed by atoms with E-state index in [1.54, 1.807) is 6.07 Å². The molecule has 158 valence electrons. The average Bonchev–Trinajstić information content (AvgIpc) is 2.70. The number of amides is 2. The van der Waals surface area contributed by atoms with Crippen LogP contribution in [0.5, 0.6) is 5.75 Å². The molecule has 3 fully saturated rings. The third-order valence-corrected chi connectivity index (χ3v) is 6.73. The van der Waals surface area contributed by atoms with Gasteiger partial charge in [0.15, 0.2) is 11.6 Å². The Morgan fingerprint density at radius 2 is 2.03 bits per heavy atom. The van der Waals surface area contributed by atoms with E-state index in [9.17, 15) is 14.0 Å². The van der Waals surface area contributed by atoms with E-state index in [0.29, 0.717) is 31.0 Å². The third-order valence-electron chi connectivity index (χ3n) is 6.73. The number of carbonyl (C=O) groups is 2. The number of likely N-dealkylation sites (N-methyl/N-ethyl adjacent to an activating group) is 1. The standard InChI is InChI=1S/C22H30FN3O3/c1-24(2)13-19-16-9-15(18-5-4-6-21(27)26(18)19)11-25(12-16)22(28)14-7-8-20(29-3)17(23)10-14/h7-8,10,15-16,18-19H,4-6,9,11-13H2,1-3H3/t15-,16+,18+,19+/m1/s1. The van der Waals surface area contributed by atoms with Gasteiger partial charge < -0.3 is 19.4 Å². The summed E-state index contributed by atoms with van der Waals surface area (Å²) in [7, 11) is 5.47. The summed E-state index contributed by atoms with van der Waals surface area (Å²) in [6, 6.07) is 4.73. The van der Waals surface area contributed by atoms with E-state index in [1.807, 2.05) is 19.0 Å². The van der Waals surface area contributed by atoms with Gasteiger partial charge in [-0.3, -0.25) is 9.59 Å². The molecule has 2 bridgehead atoms. The van der Waals surface area contributed by atoms with Crippen LogP contribution in [-0.4, -0.2) is 79.4 Å². The summed E-state index contributed by atoms with van der Waals surface area (Å²) in [4.78, 5) is 32.1. The number of carbonyl (C=O) groups excluding carboxylic acids is 2. The highest BCUT2D eigenvalue weighted by Gasteiger charge is 2.50. The summed E-state index contributed by atoms with van der Waals surface area (Å²) < 4.78 is 19.1. The lowest BCUT2D eigenvalue weighted by Gasteiger charge is -2.57. The second kappa shape index (κ2) is 7.94. The quantitative estimate of drug-likeness (QED) is 0.774. The van der Waals surface area contributed by atoms with Gasteiger partial charge in [0.05, 0.1) is 7.11 Å². The Balaban J connectivity index is 1.59. The SMILES string of the molecule is COc1ccc(C(=O)N2C[C@H]3C[C@@H](C2)[C@H](CN(C)C)N2C(=O)CCC[C@@H]32)cc1F. The summed E-state index contributed by atoms with van der Waals surface area (Å²) in [6.45, 7) is 2.04. The number of hydrogen-bond acceptors (Lipinski definition) is 4. The summed E-state index contributed by atoms with van der Waals surface area (Å²) in [5.41, 5.74) is 0.351. The molecule has 0 aliphatic carbocycles. The first-order chi connectivity index (χ1) is 13.9. The molecular formula is C22H30FN3O3. The molecule has 6 nitrogen and oxygen atoms in total. The lowest BCUT2D eigenvalue weighted by Crippen LogP contribution is -2.67. The Morgan fingerprint density at radius 1 is 1.28 bits per heavy atom. The van der Waals surface area contributed by atoms with E-state index < -0.39 is 5.82 Å². The predicted molar refractivity (Wildman–Crippen MR) is 107 cm³/mol. The van der Waals surface area contributed by atoms with Crippen LogP contribution < -0.4 is 4.74 Å². The average molecular weight is 403 g/mol. The Hall–Kier alpha value is -2.15. The number of halogens is 1. The molecule has 0 aromatic heterocycles. The second-order valence-corrected chi connectivity index (χ2v) is 8.91. The highest BCUT2D eigenvalue weighted by molar-refractivity contribution is 5.94. The van der Waals surface area contributed by atoms with Gasteiger partial charge in [-0.05, 0) is 63.4 Å². The molecule has 3 aliphatic rings. The number of hydrogen-bond donors (Lipinski definition) is 0. The molecule has 0 radical (unpaired) electrons. The molecule has 4 atom stereocenters. The molecule has 29 heavy (non-hydrogen) atoms. The number of likely N-dealkylation sites (tertiary alicyclic amines) is 1. The summed E-state index contributed by atoms with van der Waals surface area (Å²) in [5.74, 6) is 0.287. The highest BCUT2D eigenvalue weighted by atomic mass is 19.1. The molecule has 7 heteroatoms. The van der Waals surface area contributed by atoms with Crippen molar-refractivity contribution in [2.75, 3.05) is 40.8 Å². The lowest BCUT2D eigenvalue weighted by molar-refractivity contribution is -0.152. The zero-order valence-corrected chi connectivity index (χ0v) is 17.4. The van der Waals surface area contributed by atoms with Crippen LogP contribution in [0.1, 0.15) is 36.0 Å². The Bertz CT molecular complexity index is 800. The number of methoxy groups -OCH3 is 1. The molecule has 2 amide bonds. The molecule has 1 aromatic carbocycles.